The van der Waals surface area contributed by atoms with Crippen LogP contribution in [-0.4, -0.2) is 56.6 Å². The van der Waals surface area contributed by atoms with E-state index in [0.29, 0.717) is 40.8 Å². The Morgan fingerprint density at radius 1 is 1.20 bits per heavy atom. The number of nitrogens with zero attached hydrogens (tertiary/aromatic N) is 4. The molecule has 0 fully saturated rings. The second-order valence-electron chi connectivity index (χ2n) is 15.0. The van der Waals surface area contributed by atoms with Gasteiger partial charge in [-0.1, -0.05) is 43.9 Å². The van der Waals surface area contributed by atoms with Crippen molar-refractivity contribution < 1.29 is 17.4 Å². The Hall–Kier alpha value is -2.99. The van der Waals surface area contributed by atoms with Gasteiger partial charge in [0.15, 0.2) is 0 Å². The molecule has 49 heavy (non-hydrogen) atoms. The molecule has 2 aromatic carbocycles. The number of hydrogen-bond donors (Lipinski definition) is 1. The van der Waals surface area contributed by atoms with E-state index in [9.17, 15) is 17.9 Å². The zero-order valence-electron chi connectivity index (χ0n) is 29.8. The summed E-state index contributed by atoms with van der Waals surface area (Å²) in [6.07, 6.45) is 9.66. The quantitative estimate of drug-likeness (QED) is 0.117. The number of allylic oxidation sites excluding steroid dienone is 2. The highest BCUT2D eigenvalue weighted by atomic mass is 32.2. The van der Waals surface area contributed by atoms with Crippen LogP contribution in [0.3, 0.4) is 0 Å². The number of benzene rings is 2. The van der Waals surface area contributed by atoms with Crippen molar-refractivity contribution in [3.8, 4) is 6.07 Å². The fourth-order valence-corrected chi connectivity index (χ4v) is 9.84. The van der Waals surface area contributed by atoms with Gasteiger partial charge in [0, 0.05) is 31.2 Å². The summed E-state index contributed by atoms with van der Waals surface area (Å²) in [5, 5.41) is 10.4. The minimum atomic E-state index is -3.90. The molecular formula is C36H47N5O4S3Si. The molecule has 13 heteroatoms. The van der Waals surface area contributed by atoms with Crippen LogP contribution in [-0.2, 0) is 32.5 Å². The van der Waals surface area contributed by atoms with Gasteiger partial charge in [-0.2, -0.15) is 5.26 Å². The van der Waals surface area contributed by atoms with E-state index in [2.05, 4.69) is 30.4 Å². The highest BCUT2D eigenvalue weighted by molar-refractivity contribution is 8.02. The van der Waals surface area contributed by atoms with Gasteiger partial charge < -0.3 is 9.30 Å². The Labute approximate surface area is 298 Å². The summed E-state index contributed by atoms with van der Waals surface area (Å²) in [6, 6.07) is 13.6. The van der Waals surface area contributed by atoms with Crippen LogP contribution < -0.4 is 4.72 Å². The average molecular weight is 738 g/mol. The minimum absolute atomic E-state index is 0.211. The summed E-state index contributed by atoms with van der Waals surface area (Å²) in [7, 11) is -6.78. The summed E-state index contributed by atoms with van der Waals surface area (Å²) in [4.78, 5) is 5.96. The van der Waals surface area contributed by atoms with E-state index in [1.807, 2.05) is 81.0 Å². The van der Waals surface area contributed by atoms with E-state index in [1.54, 1.807) is 25.3 Å². The van der Waals surface area contributed by atoms with Gasteiger partial charge in [0.25, 0.3) is 0 Å². The Morgan fingerprint density at radius 3 is 2.59 bits per heavy atom. The number of nitriles is 1. The highest BCUT2D eigenvalue weighted by Gasteiger charge is 2.40. The predicted octanol–water partition coefficient (Wildman–Crippen LogP) is 7.77. The third kappa shape index (κ3) is 7.55. The van der Waals surface area contributed by atoms with Crippen molar-refractivity contribution in [3.05, 3.63) is 88.2 Å². The Kier molecular flexibility index (Phi) is 10.6. The molecule has 1 aliphatic carbocycles. The molecule has 2 heterocycles. The zero-order chi connectivity index (χ0) is 35.9. The van der Waals surface area contributed by atoms with E-state index in [1.165, 1.54) is 15.7 Å². The molecule has 3 atom stereocenters. The van der Waals surface area contributed by atoms with Gasteiger partial charge in [-0.05, 0) is 94.8 Å². The first-order valence-electron chi connectivity index (χ1n) is 16.4. The summed E-state index contributed by atoms with van der Waals surface area (Å²) in [5.41, 5.74) is 3.99. The van der Waals surface area contributed by atoms with Crippen molar-refractivity contribution in [2.24, 2.45) is 0 Å². The summed E-state index contributed by atoms with van der Waals surface area (Å²) < 4.78 is 54.1. The predicted molar refractivity (Wildman–Crippen MR) is 206 cm³/mol. The third-order valence-electron chi connectivity index (χ3n) is 8.86. The first-order valence-corrected chi connectivity index (χ1v) is 23.9. The largest absolute Gasteiger partial charge is 0.361 e. The molecule has 1 N–H and O–H groups in total. The lowest BCUT2D eigenvalue weighted by Crippen LogP contribution is -2.38. The maximum absolute atomic E-state index is 14.5. The van der Waals surface area contributed by atoms with Crippen LogP contribution in [0.2, 0.25) is 25.7 Å². The lowest BCUT2D eigenvalue weighted by Gasteiger charge is -2.29. The fourth-order valence-electron chi connectivity index (χ4n) is 5.86. The molecule has 5 rings (SSSR count). The van der Waals surface area contributed by atoms with Crippen LogP contribution in [0.4, 0.5) is 0 Å². The second-order valence-corrected chi connectivity index (χ2v) is 25.8. The SMILES string of the molecule is CSC1=CC(C)(S(=O)(=O)n2ccc3c(C(NS(=O)C(C)(C)C)c4nc5cc(C#N)ccc5n4COCC[Si](C)(C)C)ccc(C)c32)CC=C1. The molecule has 1 aliphatic rings. The van der Waals surface area contributed by atoms with Crippen LogP contribution in [0.25, 0.3) is 21.9 Å². The number of fused-ring (bicyclic) bond motifs is 2. The number of thioether (sulfide) groups is 1. The standard InChI is InChI=1S/C36H47N5O4S3Si/c1-25-12-14-28(29-16-18-41(33(25)29)48(43,44)36(5)17-10-11-27(22-36)46-6)32(39-47(42)35(2,3)4)34-38-30-21-26(23-37)13-15-31(30)40(34)24-45-19-20-49(7,8)9/h10-16,18,21-22,32,39H,17,19-20,24H2,1-9H3. The first-order chi connectivity index (χ1) is 22.9. The van der Waals surface area contributed by atoms with Crippen molar-refractivity contribution in [2.45, 2.75) is 89.0 Å². The minimum Gasteiger partial charge on any atom is -0.361 e. The van der Waals surface area contributed by atoms with Gasteiger partial charge in [-0.15, -0.1) is 11.8 Å². The third-order valence-corrected chi connectivity index (χ3v) is 15.1. The maximum Gasteiger partial charge on any atom is 0.248 e. The number of hydrogen-bond acceptors (Lipinski definition) is 7. The van der Waals surface area contributed by atoms with Gasteiger partial charge in [0.2, 0.25) is 10.0 Å². The monoisotopic (exact) mass is 737 g/mol. The second kappa shape index (κ2) is 14.0. The normalized spacial score (nSPS) is 18.5. The Balaban J connectivity index is 1.72. The van der Waals surface area contributed by atoms with Gasteiger partial charge in [-0.25, -0.2) is 26.3 Å². The van der Waals surface area contributed by atoms with E-state index < -0.39 is 44.6 Å². The Bertz CT molecular complexity index is 2130. The van der Waals surface area contributed by atoms with Gasteiger partial charge in [0.05, 0.1) is 43.9 Å². The first kappa shape index (κ1) is 37.3. The smallest absolute Gasteiger partial charge is 0.248 e. The van der Waals surface area contributed by atoms with E-state index in [0.717, 1.165) is 27.6 Å². The summed E-state index contributed by atoms with van der Waals surface area (Å²) in [5.74, 6) is 0.563. The van der Waals surface area contributed by atoms with Crippen molar-refractivity contribution in [1.82, 2.24) is 18.2 Å². The molecule has 0 spiro atoms. The highest BCUT2D eigenvalue weighted by Crippen LogP contribution is 2.39. The average Bonchev–Trinajstić information content (AvgIpc) is 3.64. The molecule has 2 aromatic heterocycles. The molecule has 0 radical (unpaired) electrons. The van der Waals surface area contributed by atoms with Crippen molar-refractivity contribution in [3.63, 3.8) is 0 Å². The number of aryl methyl sites for hydroxylation is 1. The van der Waals surface area contributed by atoms with Gasteiger partial charge in [0.1, 0.15) is 23.3 Å². The van der Waals surface area contributed by atoms with Gasteiger partial charge >= 0.3 is 0 Å². The van der Waals surface area contributed by atoms with Crippen LogP contribution in [0.1, 0.15) is 62.7 Å². The number of rotatable bonds is 12. The number of nitrogens with one attached hydrogen (secondary N) is 1. The maximum atomic E-state index is 14.5. The molecule has 0 saturated carbocycles. The fraction of sp³-hybridized carbons (Fsp3) is 0.444. The van der Waals surface area contributed by atoms with E-state index >= 15 is 0 Å². The molecule has 0 bridgehead atoms. The van der Waals surface area contributed by atoms with Crippen LogP contribution in [0.15, 0.2) is 65.7 Å². The van der Waals surface area contributed by atoms with E-state index in [4.69, 9.17) is 9.72 Å². The summed E-state index contributed by atoms with van der Waals surface area (Å²) >= 11 is 1.52. The molecule has 262 valence electrons. The number of ether oxygens (including phenoxy) is 1. The lowest BCUT2D eigenvalue weighted by molar-refractivity contribution is 0.0873. The molecule has 4 aromatic rings. The van der Waals surface area contributed by atoms with Crippen LogP contribution in [0.5, 0.6) is 0 Å². The van der Waals surface area contributed by atoms with E-state index in [-0.39, 0.29) is 6.73 Å². The lowest BCUT2D eigenvalue weighted by atomic mass is 10.00. The molecule has 9 nitrogen and oxygen atoms in total. The Morgan fingerprint density at radius 2 is 1.94 bits per heavy atom. The summed E-state index contributed by atoms with van der Waals surface area (Å²) in [6.45, 7) is 17.1. The molecular weight excluding hydrogens is 691 g/mol. The van der Waals surface area contributed by atoms with Gasteiger partial charge in [-0.3, -0.25) is 0 Å². The van der Waals surface area contributed by atoms with Crippen molar-refractivity contribution in [2.75, 3.05) is 12.9 Å². The number of aromatic nitrogens is 3. The molecule has 0 aliphatic heterocycles. The van der Waals surface area contributed by atoms with Crippen molar-refractivity contribution in [1.29, 1.82) is 5.26 Å². The molecule has 0 amide bonds. The van der Waals surface area contributed by atoms with Crippen LogP contribution >= 0.6 is 11.8 Å². The zero-order valence-corrected chi connectivity index (χ0v) is 33.3. The van der Waals surface area contributed by atoms with Crippen LogP contribution in [0, 0.1) is 18.3 Å². The topological polar surface area (TPSA) is 119 Å². The number of imidazole rings is 1. The van der Waals surface area contributed by atoms with Crippen molar-refractivity contribution >= 4 is 62.8 Å². The molecule has 0 saturated heterocycles. The molecule has 3 unspecified atom stereocenters.